The van der Waals surface area contributed by atoms with Crippen LogP contribution in [-0.4, -0.2) is 14.9 Å². The molecule has 0 spiro atoms. The Bertz CT molecular complexity index is 383. The molecule has 0 aliphatic carbocycles. The molecule has 0 bridgehead atoms. The number of aromatic nitrogens is 2. The number of hydrogen-bond acceptors (Lipinski definition) is 2. The fourth-order valence-electron chi connectivity index (χ4n) is 0.944. The smallest absolute Gasteiger partial charge is 0.273 e. The number of H-pyrrole nitrogens is 1. The van der Waals surface area contributed by atoms with Crippen LogP contribution >= 0.6 is 12.2 Å². The third kappa shape index (κ3) is 1.98. The van der Waals surface area contributed by atoms with E-state index in [4.69, 9.17) is 18.0 Å². The Morgan fingerprint density at radius 2 is 2.15 bits per heavy atom. The van der Waals surface area contributed by atoms with Crippen LogP contribution in [0.25, 0.3) is 0 Å². The fraction of sp³-hybridized carbons (Fsp3) is 0.500. The maximum Gasteiger partial charge on any atom is 0.273 e. The number of nitrogens with one attached hydrogen (secondary N) is 1. The van der Waals surface area contributed by atoms with Crippen LogP contribution in [-0.2, 0) is 5.41 Å². The zero-order chi connectivity index (χ0) is 10.2. The lowest BCUT2D eigenvalue weighted by Crippen LogP contribution is -2.29. The van der Waals surface area contributed by atoms with Gasteiger partial charge in [0.15, 0.2) is 5.11 Å². The van der Waals surface area contributed by atoms with E-state index in [0.717, 1.165) is 10.4 Å². The highest BCUT2D eigenvalue weighted by Crippen LogP contribution is 2.17. The van der Waals surface area contributed by atoms with Crippen LogP contribution in [0.3, 0.4) is 0 Å². The molecule has 0 radical (unpaired) electrons. The molecule has 0 amide bonds. The van der Waals surface area contributed by atoms with Crippen LogP contribution in [0, 0.1) is 0 Å². The lowest BCUT2D eigenvalue weighted by atomic mass is 9.93. The molecule has 1 heterocycles. The first-order chi connectivity index (χ1) is 5.82. The Morgan fingerprint density at radius 3 is 2.38 bits per heavy atom. The second-order valence-corrected chi connectivity index (χ2v) is 4.35. The van der Waals surface area contributed by atoms with Crippen molar-refractivity contribution in [3.8, 4) is 0 Å². The minimum atomic E-state index is -0.211. The van der Waals surface area contributed by atoms with Crippen LogP contribution < -0.4 is 11.3 Å². The molecule has 0 aliphatic heterocycles. The maximum absolute atomic E-state index is 11.3. The minimum Gasteiger partial charge on any atom is -0.374 e. The van der Waals surface area contributed by atoms with Gasteiger partial charge in [0.1, 0.15) is 0 Å². The van der Waals surface area contributed by atoms with E-state index in [2.05, 4.69) is 5.10 Å². The van der Waals surface area contributed by atoms with Gasteiger partial charge in [0.05, 0.1) is 0 Å². The number of thiocarbonyl (C=S) groups is 1. The summed E-state index contributed by atoms with van der Waals surface area (Å²) in [5, 5.41) is 2.90. The van der Waals surface area contributed by atoms with E-state index in [9.17, 15) is 4.79 Å². The summed E-state index contributed by atoms with van der Waals surface area (Å²) < 4.78 is 1.16. The first kappa shape index (κ1) is 9.98. The summed E-state index contributed by atoms with van der Waals surface area (Å²) in [5.41, 5.74) is 5.85. The van der Waals surface area contributed by atoms with Crippen molar-refractivity contribution < 1.29 is 0 Å². The molecule has 0 unspecified atom stereocenters. The average molecular weight is 199 g/mol. The summed E-state index contributed by atoms with van der Waals surface area (Å²) in [5.74, 6) is 0. The van der Waals surface area contributed by atoms with Crippen molar-refractivity contribution >= 4 is 17.3 Å². The van der Waals surface area contributed by atoms with Crippen molar-refractivity contribution in [1.82, 2.24) is 9.78 Å². The summed E-state index contributed by atoms with van der Waals surface area (Å²) in [4.78, 5) is 11.3. The molecule has 0 saturated carbocycles. The zero-order valence-electron chi connectivity index (χ0n) is 7.92. The Balaban J connectivity index is 3.25. The van der Waals surface area contributed by atoms with Crippen molar-refractivity contribution in [2.24, 2.45) is 5.73 Å². The van der Waals surface area contributed by atoms with Crippen LogP contribution in [0.15, 0.2) is 10.9 Å². The second kappa shape index (κ2) is 2.99. The molecule has 0 aliphatic rings. The number of aromatic amines is 1. The fourth-order valence-corrected chi connectivity index (χ4v) is 1.08. The zero-order valence-corrected chi connectivity index (χ0v) is 8.73. The molecular weight excluding hydrogens is 186 g/mol. The monoisotopic (exact) mass is 199 g/mol. The van der Waals surface area contributed by atoms with Gasteiger partial charge in [-0.2, -0.15) is 4.68 Å². The molecule has 13 heavy (non-hydrogen) atoms. The van der Waals surface area contributed by atoms with Gasteiger partial charge in [0, 0.05) is 17.2 Å². The molecule has 1 rings (SSSR count). The molecule has 5 heteroatoms. The molecule has 3 N–H and O–H groups in total. The molecule has 1 aromatic heterocycles. The largest absolute Gasteiger partial charge is 0.374 e. The number of hydrogen-bond donors (Lipinski definition) is 2. The van der Waals surface area contributed by atoms with Crippen molar-refractivity contribution in [3.63, 3.8) is 0 Å². The molecular formula is C8H13N3OS. The lowest BCUT2D eigenvalue weighted by Gasteiger charge is -2.15. The quantitative estimate of drug-likeness (QED) is 0.600. The third-order valence-electron chi connectivity index (χ3n) is 1.75. The summed E-state index contributed by atoms with van der Waals surface area (Å²) in [6.07, 6.45) is 0. The highest BCUT2D eigenvalue weighted by Gasteiger charge is 2.17. The van der Waals surface area contributed by atoms with Gasteiger partial charge in [-0.3, -0.25) is 9.89 Å². The van der Waals surface area contributed by atoms with Crippen molar-refractivity contribution in [1.29, 1.82) is 0 Å². The van der Waals surface area contributed by atoms with Gasteiger partial charge in [-0.15, -0.1) is 0 Å². The van der Waals surface area contributed by atoms with E-state index < -0.39 is 0 Å². The normalized spacial score (nSPS) is 11.6. The predicted octanol–water partition coefficient (Wildman–Crippen LogP) is 0.566. The molecule has 0 aromatic carbocycles. The van der Waals surface area contributed by atoms with E-state index in [1.807, 2.05) is 20.8 Å². The molecule has 4 nitrogen and oxygen atoms in total. The molecule has 1 aromatic rings. The SMILES string of the molecule is CC(C)(C)c1cc(=O)n(C(N)=S)[nH]1. The Morgan fingerprint density at radius 1 is 1.62 bits per heavy atom. The topological polar surface area (TPSA) is 63.8 Å². The van der Waals surface area contributed by atoms with Crippen molar-refractivity contribution in [2.75, 3.05) is 0 Å². The molecule has 0 atom stereocenters. The standard InChI is InChI=1S/C8H13N3OS/c1-8(2,3)5-4-6(12)11(10-5)7(9)13/h4,10H,1-3H3,(H2,9,13). The van der Waals surface area contributed by atoms with Gasteiger partial charge in [-0.25, -0.2) is 0 Å². The third-order valence-corrected chi connectivity index (χ3v) is 1.93. The number of nitrogens with zero attached hydrogens (tertiary/aromatic N) is 1. The first-order valence-corrected chi connectivity index (χ1v) is 4.35. The Labute approximate surface area is 81.7 Å². The van der Waals surface area contributed by atoms with Crippen molar-refractivity contribution in [2.45, 2.75) is 26.2 Å². The minimum absolute atomic E-state index is 0.0421. The van der Waals surface area contributed by atoms with Crippen LogP contribution in [0.2, 0.25) is 0 Å². The van der Waals surface area contributed by atoms with Gasteiger partial charge >= 0.3 is 0 Å². The van der Waals surface area contributed by atoms with E-state index in [1.54, 1.807) is 0 Å². The summed E-state index contributed by atoms with van der Waals surface area (Å²) >= 11 is 4.70. The van der Waals surface area contributed by atoms with E-state index in [-0.39, 0.29) is 16.1 Å². The van der Waals surface area contributed by atoms with Crippen molar-refractivity contribution in [3.05, 3.63) is 22.1 Å². The molecule has 72 valence electrons. The Kier molecular flexibility index (Phi) is 2.30. The van der Waals surface area contributed by atoms with Gasteiger partial charge in [-0.05, 0) is 12.2 Å². The lowest BCUT2D eigenvalue weighted by molar-refractivity contribution is 0.562. The molecule has 0 fully saturated rings. The summed E-state index contributed by atoms with van der Waals surface area (Å²) in [7, 11) is 0. The predicted molar refractivity (Wildman–Crippen MR) is 55.9 cm³/mol. The average Bonchev–Trinajstić information content (AvgIpc) is 2.29. The van der Waals surface area contributed by atoms with Crippen LogP contribution in [0.1, 0.15) is 26.5 Å². The van der Waals surface area contributed by atoms with E-state index in [1.165, 1.54) is 6.07 Å². The Hall–Kier alpha value is -1.10. The maximum atomic E-state index is 11.3. The highest BCUT2D eigenvalue weighted by molar-refractivity contribution is 7.80. The van der Waals surface area contributed by atoms with E-state index >= 15 is 0 Å². The highest BCUT2D eigenvalue weighted by atomic mass is 32.1. The van der Waals surface area contributed by atoms with Gasteiger partial charge in [0.2, 0.25) is 0 Å². The first-order valence-electron chi connectivity index (χ1n) is 3.95. The van der Waals surface area contributed by atoms with Gasteiger partial charge in [0.25, 0.3) is 5.56 Å². The summed E-state index contributed by atoms with van der Waals surface area (Å²) in [6, 6.07) is 1.51. The van der Waals surface area contributed by atoms with E-state index in [0.29, 0.717) is 0 Å². The van der Waals surface area contributed by atoms with Gasteiger partial charge in [-0.1, -0.05) is 20.8 Å². The van der Waals surface area contributed by atoms with Gasteiger partial charge < -0.3 is 5.73 Å². The van der Waals surface area contributed by atoms with Crippen LogP contribution in [0.4, 0.5) is 0 Å². The van der Waals surface area contributed by atoms with Crippen LogP contribution in [0.5, 0.6) is 0 Å². The molecule has 0 saturated heterocycles. The number of rotatable bonds is 0. The summed E-state index contributed by atoms with van der Waals surface area (Å²) in [6.45, 7) is 6.01. The second-order valence-electron chi connectivity index (χ2n) is 3.93. The number of nitrogens with two attached hydrogens (primary N) is 1.